The molecule has 1 saturated heterocycles. The summed E-state index contributed by atoms with van der Waals surface area (Å²) in [4.78, 5) is 12.5. The Morgan fingerprint density at radius 3 is 2.34 bits per heavy atom. The van der Waals surface area contributed by atoms with E-state index < -0.39 is 23.7 Å². The summed E-state index contributed by atoms with van der Waals surface area (Å²) in [6, 6.07) is 12.4. The quantitative estimate of drug-likeness (QED) is 0.412. The average molecular weight is 480 g/mol. The van der Waals surface area contributed by atoms with Crippen LogP contribution in [0.1, 0.15) is 13.8 Å². The van der Waals surface area contributed by atoms with Gasteiger partial charge in [-0.2, -0.15) is 13.6 Å². The van der Waals surface area contributed by atoms with Crippen molar-refractivity contribution in [3.8, 4) is 16.9 Å². The highest BCUT2D eigenvalue weighted by Gasteiger charge is 2.36. The Labute approximate surface area is 184 Å². The van der Waals surface area contributed by atoms with E-state index in [0.29, 0.717) is 35.4 Å². The third-order valence-electron chi connectivity index (χ3n) is 4.63. The number of anilines is 1. The minimum Gasteiger partial charge on any atom is -0.422 e. The van der Waals surface area contributed by atoms with Crippen molar-refractivity contribution in [2.45, 2.75) is 13.8 Å². The van der Waals surface area contributed by atoms with E-state index in [2.05, 4.69) is 9.27 Å². The maximum Gasteiger partial charge on any atom is 0.432 e. The zero-order valence-corrected chi connectivity index (χ0v) is 18.9. The van der Waals surface area contributed by atoms with E-state index in [9.17, 15) is 17.8 Å². The van der Waals surface area contributed by atoms with Gasteiger partial charge >= 0.3 is 23.7 Å². The van der Waals surface area contributed by atoms with Gasteiger partial charge in [0.25, 0.3) is 0 Å². The van der Waals surface area contributed by atoms with E-state index in [-0.39, 0.29) is 16.7 Å². The van der Waals surface area contributed by atoms with Crippen molar-refractivity contribution in [1.29, 1.82) is 0 Å². The van der Waals surface area contributed by atoms with E-state index in [1.54, 1.807) is 36.4 Å². The van der Waals surface area contributed by atoms with Crippen molar-refractivity contribution in [1.82, 2.24) is 0 Å². The first-order valence-electron chi connectivity index (χ1n) is 9.49. The molecule has 10 nitrogen and oxygen atoms in total. The first-order chi connectivity index (χ1) is 14.9. The molecule has 0 bridgehead atoms. The maximum atomic E-state index is 12.7. The number of hydrogen-bond acceptors (Lipinski definition) is 8. The molecule has 1 aliphatic rings. The molecule has 4 rings (SSSR count). The molecule has 1 fully saturated rings. The maximum absolute atomic E-state index is 12.7. The normalized spacial score (nSPS) is 17.7. The lowest BCUT2D eigenvalue weighted by Crippen LogP contribution is -2.30. The van der Waals surface area contributed by atoms with Crippen LogP contribution < -0.4 is 20.0 Å². The van der Waals surface area contributed by atoms with E-state index in [4.69, 9.17) is 18.6 Å². The highest BCUT2D eigenvalue weighted by molar-refractivity contribution is 7.84. The van der Waals surface area contributed by atoms with E-state index in [0.717, 1.165) is 0 Å². The molecule has 1 aromatic heterocycles. The number of rotatable bonds is 5. The monoisotopic (exact) mass is 480 g/mol. The summed E-state index contributed by atoms with van der Waals surface area (Å²) in [5, 5.41) is 8.19. The smallest absolute Gasteiger partial charge is 0.422 e. The van der Waals surface area contributed by atoms with Crippen LogP contribution in [0.3, 0.4) is 0 Å². The van der Waals surface area contributed by atoms with Gasteiger partial charge < -0.3 is 8.60 Å². The molecule has 1 aliphatic heterocycles. The molecular weight excluding hydrogens is 459 g/mol. The Hall–Kier alpha value is -2.69. The molecular formula is C20H21N2O8PS. The minimum absolute atomic E-state index is 0.0725. The summed E-state index contributed by atoms with van der Waals surface area (Å²) in [5.74, 6) is -0.0725. The Balaban J connectivity index is 1.56. The minimum atomic E-state index is -4.20. The van der Waals surface area contributed by atoms with Crippen molar-refractivity contribution < 1.29 is 30.6 Å². The molecule has 0 amide bonds. The predicted octanol–water partition coefficient (Wildman–Crippen LogP) is 3.64. The Bertz CT molecular complexity index is 1370. The van der Waals surface area contributed by atoms with Crippen LogP contribution in [-0.4, -0.2) is 21.6 Å². The molecule has 3 N–H and O–H groups in total. The molecule has 0 radical (unpaired) electrons. The zero-order chi connectivity index (χ0) is 23.1. The van der Waals surface area contributed by atoms with Gasteiger partial charge in [-0.15, -0.1) is 0 Å². The van der Waals surface area contributed by atoms with Crippen molar-refractivity contribution in [2.24, 2.45) is 10.6 Å². The first-order valence-corrected chi connectivity index (χ1v) is 12.5. The van der Waals surface area contributed by atoms with Gasteiger partial charge in [-0.25, -0.2) is 9.36 Å². The van der Waals surface area contributed by atoms with Crippen LogP contribution in [0.15, 0.2) is 57.7 Å². The fourth-order valence-electron chi connectivity index (χ4n) is 3.02. The summed E-state index contributed by atoms with van der Waals surface area (Å²) in [5.41, 5.74) is 0.677. The van der Waals surface area contributed by atoms with E-state index in [1.165, 1.54) is 12.1 Å². The van der Waals surface area contributed by atoms with Crippen LogP contribution >= 0.6 is 7.75 Å². The van der Waals surface area contributed by atoms with Crippen LogP contribution in [0.4, 0.5) is 5.69 Å². The van der Waals surface area contributed by atoms with E-state index in [1.807, 2.05) is 13.8 Å². The Morgan fingerprint density at radius 2 is 1.72 bits per heavy atom. The number of fused-ring (bicyclic) bond motifs is 1. The van der Waals surface area contributed by atoms with Crippen molar-refractivity contribution in [2.75, 3.05) is 18.3 Å². The molecule has 2 aromatic carbocycles. The molecule has 32 heavy (non-hydrogen) atoms. The summed E-state index contributed by atoms with van der Waals surface area (Å²) in [7, 11) is -7.65. The molecule has 12 heteroatoms. The van der Waals surface area contributed by atoms with Crippen LogP contribution in [0, 0.1) is 5.41 Å². The van der Waals surface area contributed by atoms with Gasteiger partial charge in [0.2, 0.25) is 0 Å². The fraction of sp³-hybridized carbons (Fsp3) is 0.250. The summed E-state index contributed by atoms with van der Waals surface area (Å²) in [6.45, 7) is 4.51. The van der Waals surface area contributed by atoms with Gasteiger partial charge in [0.15, 0.2) is 0 Å². The van der Waals surface area contributed by atoms with Crippen molar-refractivity contribution in [3.05, 3.63) is 59.0 Å². The van der Waals surface area contributed by atoms with Crippen LogP contribution in [-0.2, 0) is 23.9 Å². The molecule has 0 spiro atoms. The van der Waals surface area contributed by atoms with E-state index >= 15 is 0 Å². The van der Waals surface area contributed by atoms with Gasteiger partial charge in [0.1, 0.15) is 11.3 Å². The third-order valence-corrected chi connectivity index (χ3v) is 6.53. The highest BCUT2D eigenvalue weighted by atomic mass is 32.2. The van der Waals surface area contributed by atoms with Gasteiger partial charge in [-0.3, -0.25) is 14.1 Å². The second kappa shape index (κ2) is 8.02. The standard InChI is InChI=1S/C20H21N2O8PS/c1-20(2)11-27-31(24,28-12-20)22-15-6-3-13(4-7-15)17-9-14-5-8-16(30-32(21,25)26)10-18(14)29-19(17)23/h3-10H,11-12H2,1-2H3,(H,22,24)(H2,21,25,26). The van der Waals surface area contributed by atoms with Gasteiger partial charge in [0, 0.05) is 22.6 Å². The number of hydrogen-bond donors (Lipinski definition) is 2. The topological polar surface area (TPSA) is 147 Å². The second-order valence-electron chi connectivity index (χ2n) is 8.12. The fourth-order valence-corrected chi connectivity index (χ4v) is 5.10. The lowest BCUT2D eigenvalue weighted by atomic mass is 9.97. The van der Waals surface area contributed by atoms with Gasteiger partial charge in [-0.1, -0.05) is 26.0 Å². The Morgan fingerprint density at radius 1 is 1.06 bits per heavy atom. The summed E-state index contributed by atoms with van der Waals surface area (Å²) < 4.78 is 55.6. The van der Waals surface area contributed by atoms with Crippen molar-refractivity contribution in [3.63, 3.8) is 0 Å². The summed E-state index contributed by atoms with van der Waals surface area (Å²) in [6.07, 6.45) is 0. The molecule has 0 saturated carbocycles. The lowest BCUT2D eigenvalue weighted by Gasteiger charge is -2.34. The zero-order valence-electron chi connectivity index (χ0n) is 17.2. The average Bonchev–Trinajstić information content (AvgIpc) is 2.70. The highest BCUT2D eigenvalue weighted by Crippen LogP contribution is 2.53. The molecule has 0 atom stereocenters. The lowest BCUT2D eigenvalue weighted by molar-refractivity contribution is 0.0437. The van der Waals surface area contributed by atoms with Crippen LogP contribution in [0.5, 0.6) is 5.75 Å². The molecule has 2 heterocycles. The molecule has 0 aliphatic carbocycles. The molecule has 170 valence electrons. The second-order valence-corrected chi connectivity index (χ2v) is 11.0. The number of nitrogens with two attached hydrogens (primary N) is 1. The van der Waals surface area contributed by atoms with Gasteiger partial charge in [-0.05, 0) is 35.9 Å². The molecule has 0 unspecified atom stereocenters. The number of nitrogens with one attached hydrogen (secondary N) is 1. The first kappa shape index (κ1) is 22.5. The molecule has 3 aromatic rings. The number of benzene rings is 2. The SMILES string of the molecule is CC1(C)COP(=O)(Nc2ccc(-c3cc4ccc(OS(N)(=O)=O)cc4oc3=O)cc2)OC1. The van der Waals surface area contributed by atoms with Crippen molar-refractivity contribution >= 4 is 34.7 Å². The Kier molecular flexibility index (Phi) is 5.64. The largest absolute Gasteiger partial charge is 0.432 e. The van der Waals surface area contributed by atoms with Gasteiger partial charge in [0.05, 0.1) is 18.8 Å². The third kappa shape index (κ3) is 5.20. The van der Waals surface area contributed by atoms with Crippen LogP contribution in [0.25, 0.3) is 22.1 Å². The predicted molar refractivity (Wildman–Crippen MR) is 119 cm³/mol. The van der Waals surface area contributed by atoms with Crippen LogP contribution in [0.2, 0.25) is 0 Å². The summed E-state index contributed by atoms with van der Waals surface area (Å²) >= 11 is 0.